The number of hydrogen-bond acceptors (Lipinski definition) is 3. The van der Waals surface area contributed by atoms with Gasteiger partial charge in [0.25, 0.3) is 0 Å². The van der Waals surface area contributed by atoms with Gasteiger partial charge in [0.2, 0.25) is 5.91 Å². The molecule has 5 heteroatoms. The van der Waals surface area contributed by atoms with Crippen molar-refractivity contribution in [1.29, 1.82) is 0 Å². The number of rotatable bonds is 6. The number of hydrogen-bond donors (Lipinski definition) is 0. The molecule has 0 aliphatic heterocycles. The van der Waals surface area contributed by atoms with E-state index >= 15 is 0 Å². The number of benzene rings is 2. The molecule has 0 aliphatic carbocycles. The van der Waals surface area contributed by atoms with Gasteiger partial charge in [-0.25, -0.2) is 4.98 Å². The Balaban J connectivity index is 1.89. The zero-order valence-corrected chi connectivity index (χ0v) is 16.6. The number of halogens is 1. The number of amides is 1. The van der Waals surface area contributed by atoms with Crippen LogP contribution in [-0.4, -0.2) is 22.9 Å². The first kappa shape index (κ1) is 19.2. The summed E-state index contributed by atoms with van der Waals surface area (Å²) in [4.78, 5) is 18.9. The van der Waals surface area contributed by atoms with E-state index in [9.17, 15) is 4.79 Å². The molecule has 1 amide bonds. The molecular weight excluding hydrogens is 360 g/mol. The number of pyridine rings is 1. The van der Waals surface area contributed by atoms with Crippen LogP contribution in [0.3, 0.4) is 0 Å². The lowest BCUT2D eigenvalue weighted by atomic mass is 10.1. The quantitative estimate of drug-likeness (QED) is 0.554. The van der Waals surface area contributed by atoms with Gasteiger partial charge in [-0.2, -0.15) is 0 Å². The summed E-state index contributed by atoms with van der Waals surface area (Å²) in [6, 6.07) is 15.8. The van der Waals surface area contributed by atoms with E-state index in [1.807, 2.05) is 67.3 Å². The van der Waals surface area contributed by atoms with Crippen molar-refractivity contribution in [2.24, 2.45) is 0 Å². The van der Waals surface area contributed by atoms with Crippen LogP contribution in [0.5, 0.6) is 5.75 Å². The van der Waals surface area contributed by atoms with Gasteiger partial charge in [-0.3, -0.25) is 4.79 Å². The Morgan fingerprint density at radius 1 is 1.15 bits per heavy atom. The van der Waals surface area contributed by atoms with E-state index in [0.717, 1.165) is 33.3 Å². The van der Waals surface area contributed by atoms with Gasteiger partial charge in [0.1, 0.15) is 10.9 Å². The number of carbonyl (C=O) groups is 1. The van der Waals surface area contributed by atoms with Crippen molar-refractivity contribution in [2.45, 2.75) is 33.4 Å². The van der Waals surface area contributed by atoms with Crippen molar-refractivity contribution in [3.63, 3.8) is 0 Å². The Hall–Kier alpha value is -2.59. The Labute approximate surface area is 164 Å². The lowest BCUT2D eigenvalue weighted by molar-refractivity contribution is -0.132. The molecule has 0 aliphatic rings. The minimum atomic E-state index is 0.0752. The predicted octanol–water partition coefficient (Wildman–Crippen LogP) is 5.14. The highest BCUT2D eigenvalue weighted by Gasteiger charge is 2.16. The highest BCUT2D eigenvalue weighted by molar-refractivity contribution is 6.30. The van der Waals surface area contributed by atoms with Crippen molar-refractivity contribution < 1.29 is 9.53 Å². The van der Waals surface area contributed by atoms with E-state index in [0.29, 0.717) is 24.7 Å². The van der Waals surface area contributed by atoms with Crippen molar-refractivity contribution in [1.82, 2.24) is 9.88 Å². The van der Waals surface area contributed by atoms with Crippen molar-refractivity contribution in [2.75, 3.05) is 7.11 Å². The Morgan fingerprint density at radius 2 is 1.89 bits per heavy atom. The molecule has 0 saturated carbocycles. The van der Waals surface area contributed by atoms with Crippen LogP contribution in [0.1, 0.15) is 30.0 Å². The predicted molar refractivity (Wildman–Crippen MR) is 109 cm³/mol. The first-order chi connectivity index (χ1) is 13.0. The van der Waals surface area contributed by atoms with Gasteiger partial charge in [-0.05, 0) is 36.2 Å². The van der Waals surface area contributed by atoms with Crippen LogP contribution < -0.4 is 4.74 Å². The number of para-hydroxylation sites is 1. The summed E-state index contributed by atoms with van der Waals surface area (Å²) < 4.78 is 5.20. The molecule has 3 aromatic rings. The van der Waals surface area contributed by atoms with Crippen LogP contribution in [0.25, 0.3) is 10.9 Å². The van der Waals surface area contributed by atoms with Gasteiger partial charge in [0, 0.05) is 30.5 Å². The summed E-state index contributed by atoms with van der Waals surface area (Å²) in [5.74, 6) is 0.871. The molecule has 2 aromatic carbocycles. The van der Waals surface area contributed by atoms with E-state index in [2.05, 4.69) is 4.98 Å². The first-order valence-corrected chi connectivity index (χ1v) is 9.35. The standard InChI is InChI=1S/C22H23ClN2O2/c1-4-20(26)25(13-16-8-10-19(27-3)11-9-16)14-18-12-17-7-5-6-15(2)21(17)24-22(18)23/h5-12H,4,13-14H2,1-3H3. The molecule has 1 heterocycles. The van der Waals surface area contributed by atoms with Gasteiger partial charge < -0.3 is 9.64 Å². The van der Waals surface area contributed by atoms with Crippen LogP contribution in [0, 0.1) is 6.92 Å². The third-order valence-electron chi connectivity index (χ3n) is 4.62. The minimum absolute atomic E-state index is 0.0752. The fraction of sp³-hybridized carbons (Fsp3) is 0.273. The second-order valence-electron chi connectivity index (χ2n) is 6.54. The van der Waals surface area contributed by atoms with Crippen LogP contribution in [0.15, 0.2) is 48.5 Å². The average Bonchev–Trinajstić information content (AvgIpc) is 2.68. The number of aromatic nitrogens is 1. The van der Waals surface area contributed by atoms with E-state index in [-0.39, 0.29) is 5.91 Å². The second-order valence-corrected chi connectivity index (χ2v) is 6.89. The Morgan fingerprint density at radius 3 is 2.56 bits per heavy atom. The zero-order chi connectivity index (χ0) is 19.4. The average molecular weight is 383 g/mol. The molecule has 1 aromatic heterocycles. The van der Waals surface area contributed by atoms with Gasteiger partial charge >= 0.3 is 0 Å². The van der Waals surface area contributed by atoms with Gasteiger partial charge in [0.15, 0.2) is 0 Å². The molecule has 0 saturated heterocycles. The van der Waals surface area contributed by atoms with Crippen LogP contribution in [0.4, 0.5) is 0 Å². The largest absolute Gasteiger partial charge is 0.497 e. The number of aryl methyl sites for hydroxylation is 1. The molecule has 0 bridgehead atoms. The maximum Gasteiger partial charge on any atom is 0.222 e. The lowest BCUT2D eigenvalue weighted by Gasteiger charge is -2.23. The maximum absolute atomic E-state index is 12.5. The van der Waals surface area contributed by atoms with Crippen LogP contribution in [0.2, 0.25) is 5.15 Å². The van der Waals surface area contributed by atoms with Crippen LogP contribution >= 0.6 is 11.6 Å². The smallest absolute Gasteiger partial charge is 0.222 e. The highest BCUT2D eigenvalue weighted by Crippen LogP contribution is 2.25. The molecule has 140 valence electrons. The molecule has 4 nitrogen and oxygen atoms in total. The number of methoxy groups -OCH3 is 1. The number of ether oxygens (including phenoxy) is 1. The summed E-state index contributed by atoms with van der Waals surface area (Å²) in [6.45, 7) is 4.82. The molecule has 0 atom stereocenters. The molecule has 0 fully saturated rings. The summed E-state index contributed by atoms with van der Waals surface area (Å²) >= 11 is 6.44. The van der Waals surface area contributed by atoms with E-state index in [1.54, 1.807) is 7.11 Å². The third-order valence-corrected chi connectivity index (χ3v) is 4.95. The van der Waals surface area contributed by atoms with Gasteiger partial charge in [-0.15, -0.1) is 0 Å². The Kier molecular flexibility index (Phi) is 5.97. The number of carbonyl (C=O) groups excluding carboxylic acids is 1. The summed E-state index contributed by atoms with van der Waals surface area (Å²) in [6.07, 6.45) is 0.438. The van der Waals surface area contributed by atoms with Gasteiger partial charge in [0.05, 0.1) is 12.6 Å². The third kappa shape index (κ3) is 4.40. The molecular formula is C22H23ClN2O2. The first-order valence-electron chi connectivity index (χ1n) is 8.97. The second kappa shape index (κ2) is 8.40. The monoisotopic (exact) mass is 382 g/mol. The van der Waals surface area contributed by atoms with Gasteiger partial charge in [-0.1, -0.05) is 48.9 Å². The number of nitrogens with zero attached hydrogens (tertiary/aromatic N) is 2. The van der Waals surface area contributed by atoms with E-state index in [1.165, 1.54) is 0 Å². The maximum atomic E-state index is 12.5. The minimum Gasteiger partial charge on any atom is -0.497 e. The lowest BCUT2D eigenvalue weighted by Crippen LogP contribution is -2.29. The molecule has 0 radical (unpaired) electrons. The SMILES string of the molecule is CCC(=O)N(Cc1ccc(OC)cc1)Cc1cc2cccc(C)c2nc1Cl. The normalized spacial score (nSPS) is 10.8. The molecule has 0 N–H and O–H groups in total. The topological polar surface area (TPSA) is 42.4 Å². The van der Waals surface area contributed by atoms with E-state index in [4.69, 9.17) is 16.3 Å². The molecule has 0 spiro atoms. The van der Waals surface area contributed by atoms with Crippen LogP contribution in [-0.2, 0) is 17.9 Å². The Bertz CT molecular complexity index is 954. The summed E-state index contributed by atoms with van der Waals surface area (Å²) in [5.41, 5.74) is 3.87. The summed E-state index contributed by atoms with van der Waals surface area (Å²) in [7, 11) is 1.64. The van der Waals surface area contributed by atoms with E-state index < -0.39 is 0 Å². The molecule has 0 unspecified atom stereocenters. The molecule has 27 heavy (non-hydrogen) atoms. The van der Waals surface area contributed by atoms with Crippen molar-refractivity contribution in [3.05, 3.63) is 70.4 Å². The highest BCUT2D eigenvalue weighted by atomic mass is 35.5. The zero-order valence-electron chi connectivity index (χ0n) is 15.8. The molecule has 3 rings (SSSR count). The van der Waals surface area contributed by atoms with Crippen molar-refractivity contribution in [3.8, 4) is 5.75 Å². The fourth-order valence-corrected chi connectivity index (χ4v) is 3.29. The fourth-order valence-electron chi connectivity index (χ4n) is 3.09. The number of fused-ring (bicyclic) bond motifs is 1. The van der Waals surface area contributed by atoms with Crippen molar-refractivity contribution >= 4 is 28.4 Å². The summed E-state index contributed by atoms with van der Waals surface area (Å²) in [5, 5.41) is 1.48.